The van der Waals surface area contributed by atoms with E-state index < -0.39 is 0 Å². The first-order valence-electron chi connectivity index (χ1n) is 7.69. The monoisotopic (exact) mass is 238 g/mol. The van der Waals surface area contributed by atoms with E-state index in [-0.39, 0.29) is 0 Å². The van der Waals surface area contributed by atoms with Gasteiger partial charge in [-0.25, -0.2) is 0 Å². The van der Waals surface area contributed by atoms with Crippen LogP contribution in [0.2, 0.25) is 0 Å². The molecule has 3 unspecified atom stereocenters. The highest BCUT2D eigenvalue weighted by atomic mass is 15.2. The van der Waals surface area contributed by atoms with E-state index in [1.807, 2.05) is 0 Å². The number of hydrogen-bond donors (Lipinski definition) is 1. The van der Waals surface area contributed by atoms with Crippen LogP contribution in [0.15, 0.2) is 0 Å². The van der Waals surface area contributed by atoms with E-state index in [2.05, 4.69) is 31.1 Å². The first kappa shape index (κ1) is 13.4. The maximum atomic E-state index is 3.57. The SMILES string of the molecule is CCC1CCC(NC)C(N(CC)CC2CC2)C1. The average Bonchev–Trinajstić information content (AvgIpc) is 3.19. The van der Waals surface area contributed by atoms with Crippen LogP contribution in [-0.2, 0) is 0 Å². The van der Waals surface area contributed by atoms with Crippen LogP contribution in [-0.4, -0.2) is 37.1 Å². The molecule has 2 heteroatoms. The van der Waals surface area contributed by atoms with Gasteiger partial charge in [0.25, 0.3) is 0 Å². The Hall–Kier alpha value is -0.0800. The molecule has 0 heterocycles. The molecule has 0 amide bonds. The lowest BCUT2D eigenvalue weighted by molar-refractivity contribution is 0.0988. The lowest BCUT2D eigenvalue weighted by atomic mass is 9.80. The van der Waals surface area contributed by atoms with Crippen LogP contribution in [0.5, 0.6) is 0 Å². The molecule has 2 aliphatic carbocycles. The zero-order valence-corrected chi connectivity index (χ0v) is 11.9. The summed E-state index contributed by atoms with van der Waals surface area (Å²) in [6, 6.07) is 1.53. The molecule has 2 nitrogen and oxygen atoms in total. The summed E-state index contributed by atoms with van der Waals surface area (Å²) in [7, 11) is 2.15. The summed E-state index contributed by atoms with van der Waals surface area (Å²) in [4.78, 5) is 2.76. The maximum absolute atomic E-state index is 3.57. The van der Waals surface area contributed by atoms with Crippen molar-refractivity contribution in [2.45, 2.75) is 64.5 Å². The third-order valence-corrected chi connectivity index (χ3v) is 4.94. The molecule has 3 atom stereocenters. The van der Waals surface area contributed by atoms with Crippen LogP contribution in [0.25, 0.3) is 0 Å². The van der Waals surface area contributed by atoms with Gasteiger partial charge in [0.1, 0.15) is 0 Å². The van der Waals surface area contributed by atoms with Crippen molar-refractivity contribution in [3.8, 4) is 0 Å². The van der Waals surface area contributed by atoms with Crippen molar-refractivity contribution in [3.05, 3.63) is 0 Å². The Morgan fingerprint density at radius 2 is 1.76 bits per heavy atom. The van der Waals surface area contributed by atoms with Gasteiger partial charge in [0.05, 0.1) is 0 Å². The molecular formula is C15H30N2. The highest BCUT2D eigenvalue weighted by Crippen LogP contribution is 2.34. The topological polar surface area (TPSA) is 15.3 Å². The molecule has 2 aliphatic rings. The van der Waals surface area contributed by atoms with Crippen molar-refractivity contribution in [3.63, 3.8) is 0 Å². The van der Waals surface area contributed by atoms with Crippen LogP contribution >= 0.6 is 0 Å². The summed E-state index contributed by atoms with van der Waals surface area (Å²) in [6.45, 7) is 7.29. The number of hydrogen-bond acceptors (Lipinski definition) is 2. The quantitative estimate of drug-likeness (QED) is 0.765. The Balaban J connectivity index is 1.95. The molecule has 1 N–H and O–H groups in total. The molecule has 0 aliphatic heterocycles. The van der Waals surface area contributed by atoms with Gasteiger partial charge < -0.3 is 5.32 Å². The van der Waals surface area contributed by atoms with Crippen molar-refractivity contribution in [2.24, 2.45) is 11.8 Å². The Morgan fingerprint density at radius 1 is 1.06 bits per heavy atom. The molecule has 0 aromatic carbocycles. The molecule has 2 fully saturated rings. The molecule has 0 aromatic heterocycles. The second kappa shape index (κ2) is 6.19. The van der Waals surface area contributed by atoms with E-state index in [4.69, 9.17) is 0 Å². The van der Waals surface area contributed by atoms with Gasteiger partial charge in [0.2, 0.25) is 0 Å². The van der Waals surface area contributed by atoms with E-state index in [1.54, 1.807) is 0 Å². The fourth-order valence-electron chi connectivity index (χ4n) is 3.47. The van der Waals surface area contributed by atoms with E-state index >= 15 is 0 Å². The third kappa shape index (κ3) is 3.45. The van der Waals surface area contributed by atoms with E-state index in [0.29, 0.717) is 0 Å². The van der Waals surface area contributed by atoms with Gasteiger partial charge >= 0.3 is 0 Å². The van der Waals surface area contributed by atoms with Gasteiger partial charge in [-0.15, -0.1) is 0 Å². The van der Waals surface area contributed by atoms with Gasteiger partial charge in [-0.05, 0) is 57.5 Å². The zero-order valence-electron chi connectivity index (χ0n) is 11.9. The predicted molar refractivity (Wildman–Crippen MR) is 74.2 cm³/mol. The van der Waals surface area contributed by atoms with Crippen molar-refractivity contribution < 1.29 is 0 Å². The highest BCUT2D eigenvalue weighted by Gasteiger charge is 2.34. The van der Waals surface area contributed by atoms with Gasteiger partial charge in [0, 0.05) is 18.6 Å². The lowest BCUT2D eigenvalue weighted by Gasteiger charge is -2.42. The number of nitrogens with one attached hydrogen (secondary N) is 1. The van der Waals surface area contributed by atoms with Crippen LogP contribution in [0.1, 0.15) is 52.4 Å². The minimum Gasteiger partial charge on any atom is -0.315 e. The molecule has 17 heavy (non-hydrogen) atoms. The molecule has 0 radical (unpaired) electrons. The summed E-state index contributed by atoms with van der Waals surface area (Å²) in [5.74, 6) is 1.99. The van der Waals surface area contributed by atoms with Gasteiger partial charge in [-0.1, -0.05) is 20.3 Å². The van der Waals surface area contributed by atoms with Gasteiger partial charge in [-0.3, -0.25) is 4.90 Å². The van der Waals surface area contributed by atoms with E-state index in [1.165, 1.54) is 51.6 Å². The molecular weight excluding hydrogens is 208 g/mol. The first-order valence-corrected chi connectivity index (χ1v) is 7.69. The number of nitrogens with zero attached hydrogens (tertiary/aromatic N) is 1. The van der Waals surface area contributed by atoms with Gasteiger partial charge in [-0.2, -0.15) is 0 Å². The van der Waals surface area contributed by atoms with Crippen molar-refractivity contribution in [1.82, 2.24) is 10.2 Å². The summed E-state index contributed by atoms with van der Waals surface area (Å²) < 4.78 is 0. The molecule has 2 saturated carbocycles. The summed E-state index contributed by atoms with van der Waals surface area (Å²) in [6.07, 6.45) is 8.55. The molecule has 2 rings (SSSR count). The number of rotatable bonds is 6. The molecule has 100 valence electrons. The average molecular weight is 238 g/mol. The molecule has 0 aromatic rings. The van der Waals surface area contributed by atoms with Crippen molar-refractivity contribution in [2.75, 3.05) is 20.1 Å². The predicted octanol–water partition coefficient (Wildman–Crippen LogP) is 2.89. The van der Waals surface area contributed by atoms with E-state index in [9.17, 15) is 0 Å². The summed E-state index contributed by atoms with van der Waals surface area (Å²) in [5.41, 5.74) is 0. The number of likely N-dealkylation sites (N-methyl/N-ethyl adjacent to an activating group) is 2. The van der Waals surface area contributed by atoms with Crippen molar-refractivity contribution >= 4 is 0 Å². The highest BCUT2D eigenvalue weighted by molar-refractivity contribution is 4.92. The van der Waals surface area contributed by atoms with Gasteiger partial charge in [0.15, 0.2) is 0 Å². The van der Waals surface area contributed by atoms with E-state index in [0.717, 1.165) is 23.9 Å². The first-order chi connectivity index (χ1) is 8.28. The van der Waals surface area contributed by atoms with Crippen LogP contribution < -0.4 is 5.32 Å². The fraction of sp³-hybridized carbons (Fsp3) is 1.00. The molecule has 0 spiro atoms. The van der Waals surface area contributed by atoms with Crippen LogP contribution in [0, 0.1) is 11.8 Å². The molecule has 0 bridgehead atoms. The largest absolute Gasteiger partial charge is 0.315 e. The lowest BCUT2D eigenvalue weighted by Crippen LogP contribution is -2.52. The van der Waals surface area contributed by atoms with Crippen LogP contribution in [0.4, 0.5) is 0 Å². The second-order valence-electron chi connectivity index (χ2n) is 6.08. The summed E-state index contributed by atoms with van der Waals surface area (Å²) >= 11 is 0. The Kier molecular flexibility index (Phi) is 4.87. The van der Waals surface area contributed by atoms with Crippen LogP contribution in [0.3, 0.4) is 0 Å². The standard InChI is InChI=1S/C15H30N2/c1-4-12-8-9-14(16-3)15(10-12)17(5-2)11-13-6-7-13/h12-16H,4-11H2,1-3H3. The normalized spacial score (nSPS) is 34.2. The summed E-state index contributed by atoms with van der Waals surface area (Å²) in [5, 5.41) is 3.57. The maximum Gasteiger partial charge on any atom is 0.0251 e. The smallest absolute Gasteiger partial charge is 0.0251 e. The fourth-order valence-corrected chi connectivity index (χ4v) is 3.47. The second-order valence-corrected chi connectivity index (χ2v) is 6.08. The Morgan fingerprint density at radius 3 is 2.29 bits per heavy atom. The third-order valence-electron chi connectivity index (χ3n) is 4.94. The Labute approximate surface area is 107 Å². The minimum atomic E-state index is 0.733. The minimum absolute atomic E-state index is 0.733. The zero-order chi connectivity index (χ0) is 12.3. The molecule has 0 saturated heterocycles. The Bertz CT molecular complexity index is 225. The van der Waals surface area contributed by atoms with Crippen molar-refractivity contribution in [1.29, 1.82) is 0 Å².